The lowest BCUT2D eigenvalue weighted by molar-refractivity contribution is -0.136. The molecule has 144 valence electrons. The van der Waals surface area contributed by atoms with Crippen molar-refractivity contribution in [3.8, 4) is 0 Å². The molecule has 0 unspecified atom stereocenters. The minimum Gasteiger partial charge on any atom is -0.461 e. The number of hydrogen-bond donors (Lipinski definition) is 4. The van der Waals surface area contributed by atoms with Crippen LogP contribution < -0.4 is 22.3 Å². The molecule has 0 rings (SSSR count). The highest BCUT2D eigenvalue weighted by molar-refractivity contribution is 6.35. The second-order valence-corrected chi connectivity index (χ2v) is 3.79. The Labute approximate surface area is 144 Å². The first-order valence-electron chi connectivity index (χ1n) is 6.69. The monoisotopic (exact) mass is 364 g/mol. The zero-order chi connectivity index (χ0) is 19.1. The lowest BCUT2D eigenvalue weighted by Crippen LogP contribution is -2.27. The summed E-state index contributed by atoms with van der Waals surface area (Å²) in [6.45, 7) is 6.70. The summed E-state index contributed by atoms with van der Waals surface area (Å²) in [6.07, 6.45) is 0. The summed E-state index contributed by atoms with van der Waals surface area (Å²) < 4.78 is 9.15. The van der Waals surface area contributed by atoms with Gasteiger partial charge in [0.15, 0.2) is 0 Å². The van der Waals surface area contributed by atoms with Gasteiger partial charge in [0.2, 0.25) is 0 Å². The van der Waals surface area contributed by atoms with Gasteiger partial charge in [0.25, 0.3) is 0 Å². The van der Waals surface area contributed by atoms with Gasteiger partial charge < -0.3 is 26.4 Å². The molecule has 0 aliphatic rings. The average Bonchev–Trinajstić information content (AvgIpc) is 2.51. The van der Waals surface area contributed by atoms with Gasteiger partial charge in [0, 0.05) is 0 Å². The third-order valence-electron chi connectivity index (χ3n) is 1.81. The van der Waals surface area contributed by atoms with Crippen LogP contribution in [0.25, 0.3) is 0 Å². The molecule has 0 radical (unpaired) electrons. The number of hydrogen-bond acceptors (Lipinski definition) is 8. The van der Waals surface area contributed by atoms with Crippen molar-refractivity contribution in [2.45, 2.75) is 27.7 Å². The molecule has 0 fully saturated rings. The first-order chi connectivity index (χ1) is 11.1. The number of ether oxygens (including phenoxy) is 2. The molecule has 0 saturated carbocycles. The molecule has 13 nitrogen and oxygen atoms in total. The molecule has 25 heavy (non-hydrogen) atoms. The number of nitrogens with zero attached hydrogens (tertiary/aromatic N) is 2. The average molecular weight is 364 g/mol. The van der Waals surface area contributed by atoms with E-state index in [0.29, 0.717) is 0 Å². The quantitative estimate of drug-likeness (QED) is 0.246. The predicted octanol–water partition coefficient (Wildman–Crippen LogP) is -1.64. The van der Waals surface area contributed by atoms with Gasteiger partial charge in [0.1, 0.15) is 11.4 Å². The smallest absolute Gasteiger partial charge is 0.354 e. The Bertz CT molecular complexity index is 472. The van der Waals surface area contributed by atoms with Crippen LogP contribution in [0.5, 0.6) is 0 Å². The van der Waals surface area contributed by atoms with E-state index in [1.807, 2.05) is 10.9 Å². The summed E-state index contributed by atoms with van der Waals surface area (Å²) in [4.78, 5) is 41.9. The van der Waals surface area contributed by atoms with E-state index in [2.05, 4.69) is 19.7 Å². The fourth-order valence-corrected chi connectivity index (χ4v) is 0.840. The zero-order valence-electron chi connectivity index (χ0n) is 14.4. The normalized spacial score (nSPS) is 10.2. The SMILES string of the molecule is CCOC(=O)/C(C)=N/NC(N)=O.CCOC(=O)/C(C)=N/NC(N)=O.O. The van der Waals surface area contributed by atoms with Gasteiger partial charge in [-0.25, -0.2) is 30.0 Å². The number of urea groups is 2. The highest BCUT2D eigenvalue weighted by Gasteiger charge is 2.06. The number of hydrazone groups is 2. The standard InChI is InChI=1S/2C6H11N3O3.H2O/c2*1-3-12-5(10)4(2)8-9-6(7)11;/h2*3H2,1-2H3,(H3,7,9,11);1H2/b2*8-4+;. The minimum absolute atomic E-state index is 0. The van der Waals surface area contributed by atoms with Crippen LogP contribution in [-0.2, 0) is 19.1 Å². The first kappa shape index (κ1) is 26.7. The molecule has 0 aliphatic carbocycles. The zero-order valence-corrected chi connectivity index (χ0v) is 14.4. The van der Waals surface area contributed by atoms with Crippen LogP contribution in [0.15, 0.2) is 10.2 Å². The second kappa shape index (κ2) is 15.7. The third-order valence-corrected chi connectivity index (χ3v) is 1.81. The largest absolute Gasteiger partial charge is 0.461 e. The fourth-order valence-electron chi connectivity index (χ4n) is 0.840. The van der Waals surface area contributed by atoms with Crippen molar-refractivity contribution in [3.63, 3.8) is 0 Å². The molecule has 0 atom stereocenters. The fraction of sp³-hybridized carbons (Fsp3) is 0.500. The van der Waals surface area contributed by atoms with Crippen molar-refractivity contribution in [1.82, 2.24) is 10.9 Å². The summed E-state index contributed by atoms with van der Waals surface area (Å²) in [6, 6.07) is -1.64. The Morgan fingerprint density at radius 2 is 1.08 bits per heavy atom. The van der Waals surface area contributed by atoms with E-state index in [1.54, 1.807) is 13.8 Å². The molecule has 0 bridgehead atoms. The minimum atomic E-state index is -0.821. The number of primary amides is 2. The maximum Gasteiger partial charge on any atom is 0.354 e. The lowest BCUT2D eigenvalue weighted by atomic mass is 10.4. The number of rotatable bonds is 6. The Kier molecular flexibility index (Phi) is 16.7. The van der Waals surface area contributed by atoms with Gasteiger partial charge in [-0.15, -0.1) is 0 Å². The predicted molar refractivity (Wildman–Crippen MR) is 88.5 cm³/mol. The number of nitrogens with two attached hydrogens (primary N) is 2. The van der Waals surface area contributed by atoms with Crippen LogP contribution in [0.3, 0.4) is 0 Å². The van der Waals surface area contributed by atoms with Crippen LogP contribution in [-0.4, -0.2) is 54.1 Å². The van der Waals surface area contributed by atoms with Crippen molar-refractivity contribution in [2.75, 3.05) is 13.2 Å². The van der Waals surface area contributed by atoms with Crippen LogP contribution in [0.1, 0.15) is 27.7 Å². The number of carbonyl (C=O) groups is 4. The molecule has 0 aromatic rings. The van der Waals surface area contributed by atoms with Gasteiger partial charge in [-0.2, -0.15) is 10.2 Å². The molecular weight excluding hydrogens is 340 g/mol. The van der Waals surface area contributed by atoms with Gasteiger partial charge in [-0.1, -0.05) is 0 Å². The van der Waals surface area contributed by atoms with E-state index in [9.17, 15) is 19.2 Å². The van der Waals surface area contributed by atoms with Crippen LogP contribution >= 0.6 is 0 Å². The third kappa shape index (κ3) is 17.0. The van der Waals surface area contributed by atoms with Crippen molar-refractivity contribution in [1.29, 1.82) is 0 Å². The van der Waals surface area contributed by atoms with Crippen molar-refractivity contribution >= 4 is 35.4 Å². The maximum atomic E-state index is 10.8. The summed E-state index contributed by atoms with van der Waals surface area (Å²) in [5.41, 5.74) is 13.3. The number of amides is 4. The molecule has 0 aromatic carbocycles. The lowest BCUT2D eigenvalue weighted by Gasteiger charge is -1.99. The molecule has 4 amide bonds. The molecule has 13 heteroatoms. The van der Waals surface area contributed by atoms with Crippen LogP contribution in [0.2, 0.25) is 0 Å². The van der Waals surface area contributed by atoms with Crippen LogP contribution in [0, 0.1) is 0 Å². The molecule has 0 aliphatic heterocycles. The first-order valence-corrected chi connectivity index (χ1v) is 6.69. The summed E-state index contributed by atoms with van der Waals surface area (Å²) >= 11 is 0. The molecule has 0 heterocycles. The van der Waals surface area contributed by atoms with E-state index in [4.69, 9.17) is 11.5 Å². The van der Waals surface area contributed by atoms with Crippen molar-refractivity contribution in [3.05, 3.63) is 0 Å². The highest BCUT2D eigenvalue weighted by Crippen LogP contribution is 1.83. The highest BCUT2D eigenvalue weighted by atomic mass is 16.5. The second-order valence-electron chi connectivity index (χ2n) is 3.79. The number of nitrogens with one attached hydrogen (secondary N) is 2. The molecular formula is C12H24N6O7. The number of esters is 2. The van der Waals surface area contributed by atoms with Gasteiger partial charge >= 0.3 is 24.0 Å². The summed E-state index contributed by atoms with van der Waals surface area (Å²) in [5.74, 6) is -1.16. The molecule has 8 N–H and O–H groups in total. The number of carbonyl (C=O) groups excluding carboxylic acids is 4. The van der Waals surface area contributed by atoms with E-state index in [-0.39, 0.29) is 30.1 Å². The Hall–Kier alpha value is -3.22. The molecule has 0 aromatic heterocycles. The van der Waals surface area contributed by atoms with E-state index < -0.39 is 24.0 Å². The van der Waals surface area contributed by atoms with Crippen LogP contribution in [0.4, 0.5) is 9.59 Å². The summed E-state index contributed by atoms with van der Waals surface area (Å²) in [7, 11) is 0. The molecule has 0 spiro atoms. The van der Waals surface area contributed by atoms with Gasteiger partial charge in [0.05, 0.1) is 13.2 Å². The maximum absolute atomic E-state index is 10.8. The topological polar surface area (TPSA) is 219 Å². The van der Waals surface area contributed by atoms with Gasteiger partial charge in [-0.3, -0.25) is 0 Å². The van der Waals surface area contributed by atoms with E-state index in [1.165, 1.54) is 13.8 Å². The Balaban J connectivity index is -0.000000372. The van der Waals surface area contributed by atoms with E-state index >= 15 is 0 Å². The van der Waals surface area contributed by atoms with Crippen molar-refractivity contribution < 1.29 is 34.1 Å². The summed E-state index contributed by atoms with van der Waals surface area (Å²) in [5, 5.41) is 6.72. The molecule has 0 saturated heterocycles. The Morgan fingerprint density at radius 3 is 1.28 bits per heavy atom. The van der Waals surface area contributed by atoms with E-state index in [0.717, 1.165) is 0 Å². The van der Waals surface area contributed by atoms with Gasteiger partial charge in [-0.05, 0) is 27.7 Å². The van der Waals surface area contributed by atoms with Crippen molar-refractivity contribution in [2.24, 2.45) is 21.7 Å². The Morgan fingerprint density at radius 1 is 0.800 bits per heavy atom.